The average Bonchev–Trinajstić information content (AvgIpc) is 3.36. The van der Waals surface area contributed by atoms with Gasteiger partial charge >= 0.3 is 5.97 Å². The van der Waals surface area contributed by atoms with E-state index in [0.717, 1.165) is 0 Å². The summed E-state index contributed by atoms with van der Waals surface area (Å²) in [5, 5.41) is 13.7. The molecule has 1 heterocycles. The Kier molecular flexibility index (Phi) is 7.51. The van der Waals surface area contributed by atoms with Crippen LogP contribution in [0.4, 0.5) is 5.69 Å². The number of carbonyl (C=O) groups is 3. The molecule has 1 amide bonds. The van der Waals surface area contributed by atoms with Crippen LogP contribution in [-0.4, -0.2) is 31.4 Å². The number of ether oxygens (including phenoxy) is 2. The number of para-hydroxylation sites is 1. The van der Waals surface area contributed by atoms with Crippen molar-refractivity contribution in [3.63, 3.8) is 0 Å². The number of Topliss-reactive ketones (excluding diaryl/α,β-unsaturated/α-hetero) is 1. The van der Waals surface area contributed by atoms with Crippen molar-refractivity contribution in [2.24, 2.45) is 0 Å². The van der Waals surface area contributed by atoms with Crippen LogP contribution in [0.1, 0.15) is 25.6 Å². The Hall–Kier alpha value is -4.22. The van der Waals surface area contributed by atoms with Crippen LogP contribution in [0.3, 0.4) is 0 Å². The van der Waals surface area contributed by atoms with Gasteiger partial charge in [0.1, 0.15) is 17.4 Å². The predicted octanol–water partition coefficient (Wildman–Crippen LogP) is 4.34. The van der Waals surface area contributed by atoms with Crippen LogP contribution in [0, 0.1) is 11.3 Å². The van der Waals surface area contributed by atoms with Gasteiger partial charge in [-0.2, -0.15) is 5.26 Å². The number of hydrogen-bond acceptors (Lipinski definition) is 7. The van der Waals surface area contributed by atoms with E-state index >= 15 is 0 Å². The fourth-order valence-electron chi connectivity index (χ4n) is 2.69. The van der Waals surface area contributed by atoms with Crippen LogP contribution in [0.25, 0.3) is 6.08 Å². The minimum absolute atomic E-state index is 0.0709. The van der Waals surface area contributed by atoms with Crippen molar-refractivity contribution in [1.82, 2.24) is 0 Å². The average molecular weight is 446 g/mol. The summed E-state index contributed by atoms with van der Waals surface area (Å²) in [4.78, 5) is 37.7. The summed E-state index contributed by atoms with van der Waals surface area (Å²) in [6.45, 7) is -0.414. The second-order valence-corrected chi connectivity index (χ2v) is 7.37. The van der Waals surface area contributed by atoms with Gasteiger partial charge in [-0.25, -0.2) is 4.79 Å². The van der Waals surface area contributed by atoms with E-state index in [1.54, 1.807) is 61.0 Å². The first-order valence-electron chi connectivity index (χ1n) is 9.42. The number of hydrogen-bond donors (Lipinski definition) is 1. The first-order valence-corrected chi connectivity index (χ1v) is 10.3. The van der Waals surface area contributed by atoms with Crippen molar-refractivity contribution in [2.75, 3.05) is 19.0 Å². The molecule has 0 unspecified atom stereocenters. The van der Waals surface area contributed by atoms with Crippen molar-refractivity contribution >= 4 is 40.8 Å². The van der Waals surface area contributed by atoms with Gasteiger partial charge in [0, 0.05) is 0 Å². The van der Waals surface area contributed by atoms with E-state index in [9.17, 15) is 19.6 Å². The van der Waals surface area contributed by atoms with Crippen molar-refractivity contribution in [2.45, 2.75) is 0 Å². The van der Waals surface area contributed by atoms with Gasteiger partial charge in [-0.05, 0) is 47.4 Å². The lowest BCUT2D eigenvalue weighted by atomic mass is 10.1. The summed E-state index contributed by atoms with van der Waals surface area (Å²) in [5.41, 5.74) is 0.729. The van der Waals surface area contributed by atoms with E-state index < -0.39 is 18.5 Å². The molecule has 7 nitrogen and oxygen atoms in total. The van der Waals surface area contributed by atoms with Gasteiger partial charge in [0.15, 0.2) is 6.61 Å². The van der Waals surface area contributed by atoms with E-state index in [0.29, 0.717) is 16.2 Å². The third-order valence-corrected chi connectivity index (χ3v) is 5.23. The first kappa shape index (κ1) is 22.5. The quantitative estimate of drug-likeness (QED) is 0.239. The maximum atomic E-state index is 12.6. The Balaban J connectivity index is 1.72. The summed E-state index contributed by atoms with van der Waals surface area (Å²) in [6, 6.07) is 18.3. The second-order valence-electron chi connectivity index (χ2n) is 6.42. The highest BCUT2D eigenvalue weighted by molar-refractivity contribution is 7.12. The highest BCUT2D eigenvalue weighted by atomic mass is 32.1. The molecule has 0 saturated heterocycles. The molecule has 0 radical (unpaired) electrons. The lowest BCUT2D eigenvalue weighted by Crippen LogP contribution is -2.18. The normalized spacial score (nSPS) is 10.7. The van der Waals surface area contributed by atoms with E-state index in [4.69, 9.17) is 9.47 Å². The van der Waals surface area contributed by atoms with Crippen LogP contribution in [0.15, 0.2) is 71.6 Å². The minimum atomic E-state index is -0.761. The van der Waals surface area contributed by atoms with Crippen LogP contribution >= 0.6 is 11.3 Å². The maximum absolute atomic E-state index is 12.6. The first-order chi connectivity index (χ1) is 15.5. The van der Waals surface area contributed by atoms with Crippen molar-refractivity contribution in [1.29, 1.82) is 5.26 Å². The molecule has 0 spiro atoms. The zero-order valence-corrected chi connectivity index (χ0v) is 17.8. The smallest absolute Gasteiger partial charge is 0.340 e. The molecular formula is C24H18N2O5S. The van der Waals surface area contributed by atoms with Gasteiger partial charge in [-0.1, -0.05) is 30.3 Å². The van der Waals surface area contributed by atoms with Gasteiger partial charge in [-0.15, -0.1) is 11.3 Å². The van der Waals surface area contributed by atoms with E-state index in [2.05, 4.69) is 5.32 Å². The number of nitriles is 1. The third-order valence-electron chi connectivity index (χ3n) is 4.32. The number of benzene rings is 2. The Bertz CT molecular complexity index is 1190. The second kappa shape index (κ2) is 10.7. The Morgan fingerprint density at radius 3 is 2.47 bits per heavy atom. The summed E-state index contributed by atoms with van der Waals surface area (Å²) < 4.78 is 10.2. The maximum Gasteiger partial charge on any atom is 0.340 e. The molecule has 3 rings (SSSR count). The topological polar surface area (TPSA) is 105 Å². The Morgan fingerprint density at radius 1 is 1.06 bits per heavy atom. The molecule has 1 aromatic heterocycles. The summed E-state index contributed by atoms with van der Waals surface area (Å²) in [6.07, 6.45) is 1.43. The molecule has 0 fully saturated rings. The predicted molar refractivity (Wildman–Crippen MR) is 121 cm³/mol. The van der Waals surface area contributed by atoms with Gasteiger partial charge in [0.05, 0.1) is 23.2 Å². The van der Waals surface area contributed by atoms with E-state index in [1.165, 1.54) is 29.5 Å². The SMILES string of the molecule is COc1ccc(C=C(C#N)C(=O)Nc2ccccc2C(=O)OCC(=O)c2cccs2)cc1. The summed E-state index contributed by atoms with van der Waals surface area (Å²) in [7, 11) is 1.54. The molecule has 0 aliphatic heterocycles. The highest BCUT2D eigenvalue weighted by Gasteiger charge is 2.18. The number of carbonyl (C=O) groups excluding carboxylic acids is 3. The molecule has 32 heavy (non-hydrogen) atoms. The fraction of sp³-hybridized carbons (Fsp3) is 0.0833. The molecule has 3 aromatic rings. The molecule has 0 aliphatic carbocycles. The molecule has 160 valence electrons. The van der Waals surface area contributed by atoms with E-state index in [-0.39, 0.29) is 22.6 Å². The standard InChI is InChI=1S/C24H18N2O5S/c1-30-18-10-8-16(9-11-18)13-17(14-25)23(28)26-20-6-3-2-5-19(20)24(29)31-15-21(27)22-7-4-12-32-22/h2-13H,15H2,1H3,(H,26,28). The number of nitrogens with zero attached hydrogens (tertiary/aromatic N) is 1. The van der Waals surface area contributed by atoms with Crippen molar-refractivity contribution in [3.8, 4) is 11.8 Å². The lowest BCUT2D eigenvalue weighted by Gasteiger charge is -2.10. The molecule has 0 bridgehead atoms. The third kappa shape index (κ3) is 5.68. The van der Waals surface area contributed by atoms with Crippen molar-refractivity contribution in [3.05, 3.63) is 87.6 Å². The Morgan fingerprint density at radius 2 is 1.81 bits per heavy atom. The molecule has 2 aromatic carbocycles. The molecule has 0 aliphatic rings. The van der Waals surface area contributed by atoms with E-state index in [1.807, 2.05) is 6.07 Å². The van der Waals surface area contributed by atoms with Crippen LogP contribution in [0.2, 0.25) is 0 Å². The van der Waals surface area contributed by atoms with Gasteiger partial charge in [-0.3, -0.25) is 9.59 Å². The van der Waals surface area contributed by atoms with Crippen LogP contribution in [-0.2, 0) is 9.53 Å². The fourth-order valence-corrected chi connectivity index (χ4v) is 3.34. The number of methoxy groups -OCH3 is 1. The molecule has 8 heteroatoms. The monoisotopic (exact) mass is 446 g/mol. The minimum Gasteiger partial charge on any atom is -0.497 e. The van der Waals surface area contributed by atoms with Crippen LogP contribution < -0.4 is 10.1 Å². The van der Waals surface area contributed by atoms with Crippen molar-refractivity contribution < 1.29 is 23.9 Å². The van der Waals surface area contributed by atoms with Crippen LogP contribution in [0.5, 0.6) is 5.75 Å². The summed E-state index contributed by atoms with van der Waals surface area (Å²) >= 11 is 1.26. The molecule has 1 N–H and O–H groups in total. The zero-order valence-electron chi connectivity index (χ0n) is 17.0. The molecular weight excluding hydrogens is 428 g/mol. The zero-order chi connectivity index (χ0) is 22.9. The number of rotatable bonds is 8. The number of anilines is 1. The number of thiophene rings is 1. The largest absolute Gasteiger partial charge is 0.497 e. The lowest BCUT2D eigenvalue weighted by molar-refractivity contribution is -0.112. The molecule has 0 atom stereocenters. The van der Waals surface area contributed by atoms with Gasteiger partial charge in [0.25, 0.3) is 5.91 Å². The van der Waals surface area contributed by atoms with Gasteiger partial charge < -0.3 is 14.8 Å². The highest BCUT2D eigenvalue weighted by Crippen LogP contribution is 2.19. The number of nitrogens with one attached hydrogen (secondary N) is 1. The number of amides is 1. The molecule has 0 saturated carbocycles. The summed E-state index contributed by atoms with van der Waals surface area (Å²) in [5.74, 6) is -1.11. The Labute approximate surface area is 188 Å². The number of ketones is 1. The van der Waals surface area contributed by atoms with Gasteiger partial charge in [0.2, 0.25) is 5.78 Å². The number of esters is 1.